The number of esters is 1. The zero-order chi connectivity index (χ0) is 11.0. The fourth-order valence-corrected chi connectivity index (χ4v) is 1.43. The molecule has 1 aromatic carbocycles. The molecule has 0 unspecified atom stereocenters. The van der Waals surface area contributed by atoms with Crippen molar-refractivity contribution in [3.05, 3.63) is 17.7 Å². The van der Waals surface area contributed by atoms with Crippen LogP contribution in [0.5, 0.6) is 0 Å². The third-order valence-corrected chi connectivity index (χ3v) is 2.13. The fourth-order valence-electron chi connectivity index (χ4n) is 1.43. The van der Waals surface area contributed by atoms with Gasteiger partial charge in [-0.15, -0.1) is 0 Å². The van der Waals surface area contributed by atoms with E-state index in [4.69, 9.17) is 13.6 Å². The van der Waals surface area contributed by atoms with E-state index in [2.05, 4.69) is 14.9 Å². The number of nitrogens with one attached hydrogen (secondary N) is 1. The SMILES string of the molecule is [B]c1cc(C(=O)OC)c2[nH]nc(N)c2c1. The Kier molecular flexibility index (Phi) is 2.11. The van der Waals surface area contributed by atoms with Crippen molar-refractivity contribution in [2.45, 2.75) is 0 Å². The van der Waals surface area contributed by atoms with Crippen molar-refractivity contribution in [2.75, 3.05) is 12.8 Å². The molecule has 0 fully saturated rings. The first-order valence-electron chi connectivity index (χ1n) is 4.25. The molecule has 1 aromatic heterocycles. The molecule has 0 atom stereocenters. The van der Waals surface area contributed by atoms with E-state index in [-0.39, 0.29) is 0 Å². The Morgan fingerprint density at radius 2 is 2.33 bits per heavy atom. The van der Waals surface area contributed by atoms with Crippen molar-refractivity contribution in [1.29, 1.82) is 0 Å². The summed E-state index contributed by atoms with van der Waals surface area (Å²) in [6.45, 7) is 0. The molecule has 0 spiro atoms. The summed E-state index contributed by atoms with van der Waals surface area (Å²) in [4.78, 5) is 11.4. The van der Waals surface area contributed by atoms with Gasteiger partial charge in [-0.05, 0) is 0 Å². The Hall–Kier alpha value is -1.98. The van der Waals surface area contributed by atoms with Gasteiger partial charge in [-0.1, -0.05) is 17.6 Å². The number of H-pyrrole nitrogens is 1. The van der Waals surface area contributed by atoms with Crippen molar-refractivity contribution in [2.24, 2.45) is 0 Å². The van der Waals surface area contributed by atoms with E-state index in [1.165, 1.54) is 13.2 Å². The smallest absolute Gasteiger partial charge is 0.340 e. The van der Waals surface area contributed by atoms with Gasteiger partial charge in [-0.2, -0.15) is 5.10 Å². The second-order valence-electron chi connectivity index (χ2n) is 3.09. The van der Waals surface area contributed by atoms with Crippen LogP contribution in [0.1, 0.15) is 10.4 Å². The number of nitrogens with two attached hydrogens (primary N) is 1. The monoisotopic (exact) mass is 201 g/mol. The van der Waals surface area contributed by atoms with E-state index in [1.807, 2.05) is 0 Å². The van der Waals surface area contributed by atoms with Gasteiger partial charge in [0.15, 0.2) is 5.82 Å². The molecule has 3 N–H and O–H groups in total. The van der Waals surface area contributed by atoms with Crippen LogP contribution in [0.15, 0.2) is 12.1 Å². The molecule has 0 aliphatic carbocycles. The molecule has 0 aliphatic heterocycles. The summed E-state index contributed by atoms with van der Waals surface area (Å²) in [5.74, 6) is -0.168. The van der Waals surface area contributed by atoms with Crippen LogP contribution >= 0.6 is 0 Å². The number of hydrogen-bond donors (Lipinski definition) is 2. The summed E-state index contributed by atoms with van der Waals surface area (Å²) >= 11 is 0. The number of hydrogen-bond acceptors (Lipinski definition) is 4. The van der Waals surface area contributed by atoms with E-state index in [0.29, 0.717) is 27.7 Å². The minimum absolute atomic E-state index is 0.308. The number of aromatic nitrogens is 2. The number of anilines is 1. The van der Waals surface area contributed by atoms with Crippen LogP contribution in [-0.4, -0.2) is 31.1 Å². The summed E-state index contributed by atoms with van der Waals surface area (Å²) in [7, 11) is 6.94. The predicted molar refractivity (Wildman–Crippen MR) is 57.2 cm³/mol. The van der Waals surface area contributed by atoms with Crippen LogP contribution < -0.4 is 11.2 Å². The number of nitrogen functional groups attached to an aromatic ring is 1. The summed E-state index contributed by atoms with van der Waals surface area (Å²) < 4.78 is 4.63. The number of nitrogens with zero attached hydrogens (tertiary/aromatic N) is 1. The molecule has 0 bridgehead atoms. The Balaban J connectivity index is 2.78. The number of fused-ring (bicyclic) bond motifs is 1. The quantitative estimate of drug-likeness (QED) is 0.491. The third-order valence-electron chi connectivity index (χ3n) is 2.13. The lowest BCUT2D eigenvalue weighted by Crippen LogP contribution is -2.09. The molecule has 2 aromatic rings. The van der Waals surface area contributed by atoms with Crippen molar-refractivity contribution < 1.29 is 9.53 Å². The lowest BCUT2D eigenvalue weighted by molar-refractivity contribution is 0.0603. The maximum atomic E-state index is 11.4. The van der Waals surface area contributed by atoms with Gasteiger partial charge in [0, 0.05) is 5.39 Å². The van der Waals surface area contributed by atoms with Crippen LogP contribution in [-0.2, 0) is 4.74 Å². The van der Waals surface area contributed by atoms with Crippen LogP contribution in [0.3, 0.4) is 0 Å². The van der Waals surface area contributed by atoms with Gasteiger partial charge in [0.1, 0.15) is 7.85 Å². The van der Waals surface area contributed by atoms with Crippen LogP contribution in [0, 0.1) is 0 Å². The van der Waals surface area contributed by atoms with Crippen LogP contribution in [0.25, 0.3) is 10.9 Å². The zero-order valence-electron chi connectivity index (χ0n) is 8.07. The molecule has 0 saturated heterocycles. The Bertz CT molecular complexity index is 535. The number of rotatable bonds is 1. The lowest BCUT2D eigenvalue weighted by atomic mass is 9.92. The number of aromatic amines is 1. The summed E-state index contributed by atoms with van der Waals surface area (Å²) in [6.07, 6.45) is 0. The van der Waals surface area contributed by atoms with Crippen molar-refractivity contribution in [1.82, 2.24) is 10.2 Å². The second kappa shape index (κ2) is 3.31. The Morgan fingerprint density at radius 3 is 3.00 bits per heavy atom. The topological polar surface area (TPSA) is 81.0 Å². The van der Waals surface area contributed by atoms with Crippen LogP contribution in [0.4, 0.5) is 5.82 Å². The molecule has 0 amide bonds. The number of methoxy groups -OCH3 is 1. The normalized spacial score (nSPS) is 10.5. The first-order valence-corrected chi connectivity index (χ1v) is 4.25. The van der Waals surface area contributed by atoms with E-state index < -0.39 is 5.97 Å². The average Bonchev–Trinajstić information content (AvgIpc) is 2.58. The zero-order valence-corrected chi connectivity index (χ0v) is 8.07. The molecule has 0 aliphatic rings. The van der Waals surface area contributed by atoms with Crippen molar-refractivity contribution >= 4 is 36.0 Å². The van der Waals surface area contributed by atoms with Gasteiger partial charge < -0.3 is 10.5 Å². The molecule has 2 rings (SSSR count). The molecule has 6 heteroatoms. The first-order chi connectivity index (χ1) is 7.13. The first kappa shape index (κ1) is 9.58. The lowest BCUT2D eigenvalue weighted by Gasteiger charge is -2.02. The molecule has 1 heterocycles. The maximum absolute atomic E-state index is 11.4. The number of benzene rings is 1. The largest absolute Gasteiger partial charge is 0.465 e. The van der Waals surface area contributed by atoms with E-state index >= 15 is 0 Å². The molecule has 74 valence electrons. The van der Waals surface area contributed by atoms with Gasteiger partial charge in [0.25, 0.3) is 0 Å². The van der Waals surface area contributed by atoms with E-state index in [1.54, 1.807) is 6.07 Å². The third kappa shape index (κ3) is 1.43. The summed E-state index contributed by atoms with van der Waals surface area (Å²) in [5.41, 5.74) is 6.91. The molecule has 5 nitrogen and oxygen atoms in total. The van der Waals surface area contributed by atoms with Gasteiger partial charge in [0.2, 0.25) is 0 Å². The highest BCUT2D eigenvalue weighted by atomic mass is 16.5. The van der Waals surface area contributed by atoms with Gasteiger partial charge >= 0.3 is 5.97 Å². The average molecular weight is 201 g/mol. The Morgan fingerprint density at radius 1 is 1.60 bits per heavy atom. The van der Waals surface area contributed by atoms with Gasteiger partial charge in [-0.3, -0.25) is 5.10 Å². The summed E-state index contributed by atoms with van der Waals surface area (Å²) in [6, 6.07) is 3.17. The highest BCUT2D eigenvalue weighted by molar-refractivity contribution is 6.34. The highest BCUT2D eigenvalue weighted by Gasteiger charge is 2.14. The van der Waals surface area contributed by atoms with Crippen LogP contribution in [0.2, 0.25) is 0 Å². The molecule has 2 radical (unpaired) electrons. The van der Waals surface area contributed by atoms with E-state index in [9.17, 15) is 4.79 Å². The maximum Gasteiger partial charge on any atom is 0.340 e. The Labute approximate surface area is 87.0 Å². The van der Waals surface area contributed by atoms with E-state index in [0.717, 1.165) is 0 Å². The minimum atomic E-state index is -0.476. The number of ether oxygens (including phenoxy) is 1. The predicted octanol–water partition coefficient (Wildman–Crippen LogP) is -0.275. The number of carbonyl (C=O) groups excluding carboxylic acids is 1. The standard InChI is InChI=1S/C9H8BN3O2/c1-15-9(14)6-3-4(10)2-5-7(6)12-13-8(5)11/h2-3H,1H3,(H3,11,12,13). The molecule has 15 heavy (non-hydrogen) atoms. The van der Waals surface area contributed by atoms with Gasteiger partial charge in [0.05, 0.1) is 18.2 Å². The summed E-state index contributed by atoms with van der Waals surface area (Å²) in [5, 5.41) is 7.09. The molecular formula is C9H8BN3O2. The molecule has 0 saturated carbocycles. The van der Waals surface area contributed by atoms with Gasteiger partial charge in [-0.25, -0.2) is 4.79 Å². The minimum Gasteiger partial charge on any atom is -0.465 e. The number of carbonyl (C=O) groups is 1. The highest BCUT2D eigenvalue weighted by Crippen LogP contribution is 2.20. The second-order valence-corrected chi connectivity index (χ2v) is 3.09. The molecular weight excluding hydrogens is 193 g/mol. The fraction of sp³-hybridized carbons (Fsp3) is 0.111. The van der Waals surface area contributed by atoms with Crippen molar-refractivity contribution in [3.8, 4) is 0 Å². The van der Waals surface area contributed by atoms with Crippen molar-refractivity contribution in [3.63, 3.8) is 0 Å².